The molecule has 0 aliphatic carbocycles. The Hall–Kier alpha value is -1.59. The number of aliphatic carboxylic acids is 2. The lowest BCUT2D eigenvalue weighted by molar-refractivity contribution is -0.142. The molecule has 5 nitrogen and oxygen atoms in total. The topological polar surface area (TPSA) is 77.8 Å². The van der Waals surface area contributed by atoms with Crippen molar-refractivity contribution in [2.45, 2.75) is 13.0 Å². The molecule has 2 N–H and O–H groups in total. The van der Waals surface area contributed by atoms with E-state index >= 15 is 0 Å². The molecule has 1 aromatic carbocycles. The Morgan fingerprint density at radius 1 is 1.22 bits per heavy atom. The quantitative estimate of drug-likeness (QED) is 0.826. The van der Waals surface area contributed by atoms with Gasteiger partial charge in [-0.3, -0.25) is 14.5 Å². The predicted molar refractivity (Wildman–Crippen MR) is 66.7 cm³/mol. The highest BCUT2D eigenvalue weighted by Crippen LogP contribution is 2.26. The molecule has 0 aliphatic rings. The van der Waals surface area contributed by atoms with E-state index < -0.39 is 11.9 Å². The number of hydrogen-bond donors (Lipinski definition) is 2. The molecule has 18 heavy (non-hydrogen) atoms. The van der Waals surface area contributed by atoms with Gasteiger partial charge >= 0.3 is 11.9 Å². The summed E-state index contributed by atoms with van der Waals surface area (Å²) in [6.07, 6.45) is 0. The van der Waals surface area contributed by atoms with Crippen molar-refractivity contribution in [1.29, 1.82) is 0 Å². The van der Waals surface area contributed by atoms with Crippen LogP contribution in [0.3, 0.4) is 0 Å². The molecule has 0 bridgehead atoms. The molecule has 0 aliphatic heterocycles. The predicted octanol–water partition coefficient (Wildman–Crippen LogP) is 1.87. The summed E-state index contributed by atoms with van der Waals surface area (Å²) in [7, 11) is 0. The third-order valence-corrected chi connectivity index (χ3v) is 2.92. The van der Waals surface area contributed by atoms with Crippen LogP contribution in [0.15, 0.2) is 24.3 Å². The Kier molecular flexibility index (Phi) is 5.12. The molecule has 0 heterocycles. The van der Waals surface area contributed by atoms with Crippen LogP contribution in [-0.2, 0) is 9.59 Å². The summed E-state index contributed by atoms with van der Waals surface area (Å²) >= 11 is 6.01. The maximum atomic E-state index is 10.7. The fourth-order valence-corrected chi connectivity index (χ4v) is 1.98. The van der Waals surface area contributed by atoms with Crippen LogP contribution in [0, 0.1) is 0 Å². The van der Waals surface area contributed by atoms with Crippen LogP contribution in [0.5, 0.6) is 0 Å². The summed E-state index contributed by atoms with van der Waals surface area (Å²) in [5, 5.41) is 18.1. The molecule has 0 saturated carbocycles. The van der Waals surface area contributed by atoms with E-state index in [4.69, 9.17) is 21.8 Å². The average molecular weight is 272 g/mol. The third kappa shape index (κ3) is 4.01. The van der Waals surface area contributed by atoms with Gasteiger partial charge in [-0.2, -0.15) is 0 Å². The largest absolute Gasteiger partial charge is 0.480 e. The Morgan fingerprint density at radius 2 is 1.72 bits per heavy atom. The summed E-state index contributed by atoms with van der Waals surface area (Å²) in [5.41, 5.74) is 0.710. The molecule has 1 unspecified atom stereocenters. The number of hydrogen-bond acceptors (Lipinski definition) is 3. The van der Waals surface area contributed by atoms with Crippen LogP contribution in [-0.4, -0.2) is 40.1 Å². The first-order chi connectivity index (χ1) is 8.41. The zero-order chi connectivity index (χ0) is 13.7. The van der Waals surface area contributed by atoms with E-state index in [0.717, 1.165) is 0 Å². The lowest BCUT2D eigenvalue weighted by Gasteiger charge is -2.26. The molecular weight excluding hydrogens is 258 g/mol. The van der Waals surface area contributed by atoms with Gasteiger partial charge in [0.15, 0.2) is 0 Å². The van der Waals surface area contributed by atoms with Gasteiger partial charge in [-0.1, -0.05) is 29.8 Å². The molecule has 6 heteroatoms. The highest BCUT2D eigenvalue weighted by Gasteiger charge is 2.22. The van der Waals surface area contributed by atoms with Crippen molar-refractivity contribution in [3.63, 3.8) is 0 Å². The Morgan fingerprint density at radius 3 is 2.17 bits per heavy atom. The normalized spacial score (nSPS) is 12.4. The van der Waals surface area contributed by atoms with Gasteiger partial charge in [-0.05, 0) is 18.6 Å². The first kappa shape index (κ1) is 14.5. The average Bonchev–Trinajstić information content (AvgIpc) is 2.26. The molecular formula is C12H14ClNO4. The summed E-state index contributed by atoms with van der Waals surface area (Å²) in [6.45, 7) is 1.03. The molecule has 0 spiro atoms. The zero-order valence-corrected chi connectivity index (χ0v) is 10.6. The maximum absolute atomic E-state index is 10.7. The lowest BCUT2D eigenvalue weighted by Crippen LogP contribution is -2.36. The second kappa shape index (κ2) is 6.37. The van der Waals surface area contributed by atoms with Crippen molar-refractivity contribution >= 4 is 23.5 Å². The van der Waals surface area contributed by atoms with Crippen molar-refractivity contribution in [3.8, 4) is 0 Å². The van der Waals surface area contributed by atoms with Gasteiger partial charge < -0.3 is 10.2 Å². The number of carbonyl (C=O) groups is 2. The smallest absolute Gasteiger partial charge is 0.317 e. The molecule has 1 rings (SSSR count). The van der Waals surface area contributed by atoms with Crippen molar-refractivity contribution in [2.75, 3.05) is 13.1 Å². The number of carboxylic acids is 2. The molecule has 1 aromatic rings. The summed E-state index contributed by atoms with van der Waals surface area (Å²) < 4.78 is 0. The van der Waals surface area contributed by atoms with Crippen LogP contribution in [0.2, 0.25) is 5.02 Å². The molecule has 0 saturated heterocycles. The van der Waals surface area contributed by atoms with Gasteiger partial charge in [0.25, 0.3) is 0 Å². The molecule has 1 atom stereocenters. The van der Waals surface area contributed by atoms with Crippen LogP contribution in [0.1, 0.15) is 18.5 Å². The van der Waals surface area contributed by atoms with E-state index in [9.17, 15) is 9.59 Å². The molecule has 0 radical (unpaired) electrons. The molecule has 0 amide bonds. The second-order valence-corrected chi connectivity index (χ2v) is 4.30. The van der Waals surface area contributed by atoms with Gasteiger partial charge in [0.05, 0.1) is 13.1 Å². The standard InChI is InChI=1S/C12H14ClNO4/c1-8(9-4-2-3-5-10(9)13)14(6-11(15)16)7-12(17)18/h2-5,8H,6-7H2,1H3,(H,15,16)(H,17,18). The van der Waals surface area contributed by atoms with Crippen molar-refractivity contribution < 1.29 is 19.8 Å². The fraction of sp³-hybridized carbons (Fsp3) is 0.333. The molecule has 98 valence electrons. The van der Waals surface area contributed by atoms with E-state index in [2.05, 4.69) is 0 Å². The highest BCUT2D eigenvalue weighted by molar-refractivity contribution is 6.31. The van der Waals surface area contributed by atoms with E-state index in [0.29, 0.717) is 10.6 Å². The van der Waals surface area contributed by atoms with Gasteiger partial charge in [-0.25, -0.2) is 0 Å². The van der Waals surface area contributed by atoms with Gasteiger partial charge in [-0.15, -0.1) is 0 Å². The van der Waals surface area contributed by atoms with Crippen LogP contribution in [0.25, 0.3) is 0 Å². The maximum Gasteiger partial charge on any atom is 0.317 e. The number of nitrogens with zero attached hydrogens (tertiary/aromatic N) is 1. The Labute approximate surface area is 110 Å². The first-order valence-corrected chi connectivity index (χ1v) is 5.71. The summed E-state index contributed by atoms with van der Waals surface area (Å²) in [4.78, 5) is 22.8. The van der Waals surface area contributed by atoms with Gasteiger partial charge in [0.2, 0.25) is 0 Å². The SMILES string of the molecule is CC(c1ccccc1Cl)N(CC(=O)O)CC(=O)O. The minimum absolute atomic E-state index is 0.349. The Bertz CT molecular complexity index is 433. The minimum atomic E-state index is -1.07. The molecule has 0 fully saturated rings. The lowest BCUT2D eigenvalue weighted by atomic mass is 10.1. The second-order valence-electron chi connectivity index (χ2n) is 3.89. The van der Waals surface area contributed by atoms with Crippen molar-refractivity contribution in [1.82, 2.24) is 4.90 Å². The van der Waals surface area contributed by atoms with Crippen molar-refractivity contribution in [3.05, 3.63) is 34.9 Å². The number of carboxylic acid groups (broad SMARTS) is 2. The summed E-state index contributed by atoms with van der Waals surface area (Å²) in [6, 6.07) is 6.59. The summed E-state index contributed by atoms with van der Waals surface area (Å²) in [5.74, 6) is -2.15. The van der Waals surface area contributed by atoms with Crippen LogP contribution < -0.4 is 0 Å². The Balaban J connectivity index is 2.94. The van der Waals surface area contributed by atoms with E-state index in [1.54, 1.807) is 31.2 Å². The van der Waals surface area contributed by atoms with E-state index in [1.807, 2.05) is 0 Å². The van der Waals surface area contributed by atoms with E-state index in [-0.39, 0.29) is 19.1 Å². The van der Waals surface area contributed by atoms with E-state index in [1.165, 1.54) is 4.90 Å². The zero-order valence-electron chi connectivity index (χ0n) is 9.84. The van der Waals surface area contributed by atoms with Crippen LogP contribution in [0.4, 0.5) is 0 Å². The first-order valence-electron chi connectivity index (χ1n) is 5.34. The van der Waals surface area contributed by atoms with Gasteiger partial charge in [0.1, 0.15) is 0 Å². The highest BCUT2D eigenvalue weighted by atomic mass is 35.5. The monoisotopic (exact) mass is 271 g/mol. The number of halogens is 1. The minimum Gasteiger partial charge on any atom is -0.480 e. The van der Waals surface area contributed by atoms with Crippen LogP contribution >= 0.6 is 11.6 Å². The van der Waals surface area contributed by atoms with Crippen molar-refractivity contribution in [2.24, 2.45) is 0 Å². The number of rotatable bonds is 6. The number of benzene rings is 1. The van der Waals surface area contributed by atoms with Gasteiger partial charge in [0, 0.05) is 11.1 Å². The third-order valence-electron chi connectivity index (χ3n) is 2.58. The fourth-order valence-electron chi connectivity index (χ4n) is 1.69. The molecule has 0 aromatic heterocycles.